The molecule has 5 heteroatoms. The molecular weight excluding hydrogens is 196 g/mol. The number of benzene rings is 1. The third-order valence-electron chi connectivity index (χ3n) is 1.57. The van der Waals surface area contributed by atoms with Crippen LogP contribution in [0.25, 0.3) is 0 Å². The van der Waals surface area contributed by atoms with E-state index in [9.17, 15) is 0 Å². The Morgan fingerprint density at radius 1 is 1.57 bits per heavy atom. The van der Waals surface area contributed by atoms with Crippen LogP contribution in [0.1, 0.15) is 11.1 Å². The number of nitriles is 1. The van der Waals surface area contributed by atoms with E-state index in [4.69, 9.17) is 16.8 Å². The van der Waals surface area contributed by atoms with Crippen molar-refractivity contribution in [3.05, 3.63) is 35.4 Å². The van der Waals surface area contributed by atoms with Gasteiger partial charge in [0.15, 0.2) is 5.17 Å². The van der Waals surface area contributed by atoms with Crippen molar-refractivity contribution < 1.29 is 0 Å². The Bertz CT molecular complexity index is 381. The highest BCUT2D eigenvalue weighted by Crippen LogP contribution is 2.12. The van der Waals surface area contributed by atoms with Gasteiger partial charge in [0.25, 0.3) is 0 Å². The minimum Gasteiger partial charge on any atom is -0.377 e. The van der Waals surface area contributed by atoms with Crippen molar-refractivity contribution in [1.29, 1.82) is 5.26 Å². The molecule has 4 N–H and O–H groups in total. The summed E-state index contributed by atoms with van der Waals surface area (Å²) in [4.78, 5) is 0. The zero-order valence-electron chi connectivity index (χ0n) is 7.47. The summed E-state index contributed by atoms with van der Waals surface area (Å²) in [6.45, 7) is 0. The molecule has 0 unspecified atom stereocenters. The Kier molecular flexibility index (Phi) is 3.83. The summed E-state index contributed by atoms with van der Waals surface area (Å²) in [7, 11) is 0. The van der Waals surface area contributed by atoms with E-state index in [1.54, 1.807) is 6.07 Å². The van der Waals surface area contributed by atoms with Crippen LogP contribution in [0.15, 0.2) is 29.4 Å². The summed E-state index contributed by atoms with van der Waals surface area (Å²) >= 11 is 1.34. The van der Waals surface area contributed by atoms with Gasteiger partial charge in [-0.1, -0.05) is 23.9 Å². The lowest BCUT2D eigenvalue weighted by molar-refractivity contribution is 1.25. The van der Waals surface area contributed by atoms with Crippen molar-refractivity contribution in [3.63, 3.8) is 0 Å². The standard InChI is InChI=1S/C9H10N4S/c10-5-7-2-1-3-8(4-7)6-14-9(11)13-12/h1-4H,6,12H2,(H2,11,13). The smallest absolute Gasteiger partial charge is 0.177 e. The fourth-order valence-electron chi connectivity index (χ4n) is 0.925. The molecule has 0 aliphatic carbocycles. The summed E-state index contributed by atoms with van der Waals surface area (Å²) in [6.07, 6.45) is 0. The molecule has 72 valence electrons. The topological polar surface area (TPSA) is 88.2 Å². The summed E-state index contributed by atoms with van der Waals surface area (Å²) < 4.78 is 0. The molecule has 0 aliphatic heterocycles. The van der Waals surface area contributed by atoms with Crippen LogP contribution in [-0.4, -0.2) is 5.17 Å². The number of hydrazone groups is 1. The van der Waals surface area contributed by atoms with E-state index < -0.39 is 0 Å². The van der Waals surface area contributed by atoms with Gasteiger partial charge in [0.05, 0.1) is 11.6 Å². The second kappa shape index (κ2) is 5.14. The molecule has 0 aliphatic rings. The highest BCUT2D eigenvalue weighted by Gasteiger charge is 1.97. The van der Waals surface area contributed by atoms with Gasteiger partial charge in [0, 0.05) is 5.75 Å². The molecule has 14 heavy (non-hydrogen) atoms. The molecule has 4 nitrogen and oxygen atoms in total. The van der Waals surface area contributed by atoms with Crippen molar-refractivity contribution in [2.75, 3.05) is 0 Å². The van der Waals surface area contributed by atoms with E-state index >= 15 is 0 Å². The van der Waals surface area contributed by atoms with Crippen molar-refractivity contribution in [2.45, 2.75) is 5.75 Å². The predicted molar refractivity (Wildman–Crippen MR) is 58.3 cm³/mol. The lowest BCUT2D eigenvalue weighted by Crippen LogP contribution is -2.09. The number of hydrogen-bond donors (Lipinski definition) is 2. The van der Waals surface area contributed by atoms with Gasteiger partial charge in [0.1, 0.15) is 0 Å². The van der Waals surface area contributed by atoms with Gasteiger partial charge in [-0.2, -0.15) is 10.4 Å². The number of amidine groups is 1. The lowest BCUT2D eigenvalue weighted by atomic mass is 10.2. The van der Waals surface area contributed by atoms with Crippen LogP contribution in [0.5, 0.6) is 0 Å². The first-order valence-corrected chi connectivity index (χ1v) is 4.90. The first-order chi connectivity index (χ1) is 6.76. The van der Waals surface area contributed by atoms with Gasteiger partial charge >= 0.3 is 0 Å². The Labute approximate surface area is 86.6 Å². The highest BCUT2D eigenvalue weighted by molar-refractivity contribution is 8.13. The van der Waals surface area contributed by atoms with E-state index in [0.29, 0.717) is 16.5 Å². The summed E-state index contributed by atoms with van der Waals surface area (Å²) in [6, 6.07) is 9.41. The van der Waals surface area contributed by atoms with Crippen LogP contribution in [-0.2, 0) is 5.75 Å². The molecule has 0 bridgehead atoms. The zero-order valence-corrected chi connectivity index (χ0v) is 8.29. The lowest BCUT2D eigenvalue weighted by Gasteiger charge is -2.00. The molecule has 0 amide bonds. The molecule has 0 atom stereocenters. The quantitative estimate of drug-likeness (QED) is 0.327. The third kappa shape index (κ3) is 2.99. The monoisotopic (exact) mass is 206 g/mol. The Morgan fingerprint density at radius 2 is 2.36 bits per heavy atom. The Morgan fingerprint density at radius 3 is 3.00 bits per heavy atom. The van der Waals surface area contributed by atoms with Crippen LogP contribution in [0.3, 0.4) is 0 Å². The van der Waals surface area contributed by atoms with Crippen LogP contribution in [0.2, 0.25) is 0 Å². The Hall–Kier alpha value is -1.67. The molecule has 1 aromatic rings. The molecule has 0 fully saturated rings. The van der Waals surface area contributed by atoms with E-state index in [2.05, 4.69) is 11.2 Å². The maximum Gasteiger partial charge on any atom is 0.177 e. The minimum absolute atomic E-state index is 0.340. The van der Waals surface area contributed by atoms with Gasteiger partial charge in [-0.25, -0.2) is 0 Å². The number of nitrogens with two attached hydrogens (primary N) is 2. The van der Waals surface area contributed by atoms with Crippen LogP contribution in [0, 0.1) is 11.3 Å². The second-order valence-corrected chi connectivity index (χ2v) is 3.56. The molecule has 1 rings (SSSR count). The van der Waals surface area contributed by atoms with E-state index in [1.165, 1.54) is 11.8 Å². The Balaban J connectivity index is 2.64. The van der Waals surface area contributed by atoms with Crippen molar-refractivity contribution >= 4 is 16.9 Å². The predicted octanol–water partition coefficient (Wildman–Crippen LogP) is 0.980. The van der Waals surface area contributed by atoms with Gasteiger partial charge in [-0.3, -0.25) is 0 Å². The van der Waals surface area contributed by atoms with Crippen LogP contribution in [0.4, 0.5) is 0 Å². The van der Waals surface area contributed by atoms with Crippen LogP contribution < -0.4 is 11.6 Å². The van der Waals surface area contributed by atoms with Crippen molar-refractivity contribution in [3.8, 4) is 6.07 Å². The van der Waals surface area contributed by atoms with Crippen molar-refractivity contribution in [1.82, 2.24) is 0 Å². The van der Waals surface area contributed by atoms with Gasteiger partial charge < -0.3 is 11.6 Å². The molecule has 1 aromatic carbocycles. The molecule has 0 radical (unpaired) electrons. The molecule has 0 saturated carbocycles. The van der Waals surface area contributed by atoms with E-state index in [-0.39, 0.29) is 0 Å². The fourth-order valence-corrected chi connectivity index (χ4v) is 1.49. The van der Waals surface area contributed by atoms with Crippen LogP contribution >= 0.6 is 11.8 Å². The first-order valence-electron chi connectivity index (χ1n) is 3.91. The summed E-state index contributed by atoms with van der Waals surface area (Å²) in [5, 5.41) is 12.3. The van der Waals surface area contributed by atoms with Gasteiger partial charge in [-0.15, -0.1) is 0 Å². The zero-order chi connectivity index (χ0) is 10.4. The maximum atomic E-state index is 8.66. The SMILES string of the molecule is N#Cc1cccc(CSC(N)=NN)c1. The normalized spacial score (nSPS) is 10.9. The second-order valence-electron chi connectivity index (χ2n) is 2.57. The number of thioether (sulfide) groups is 1. The van der Waals surface area contributed by atoms with E-state index in [0.717, 1.165) is 5.56 Å². The van der Waals surface area contributed by atoms with E-state index in [1.807, 2.05) is 18.2 Å². The highest BCUT2D eigenvalue weighted by atomic mass is 32.2. The molecule has 0 heterocycles. The largest absolute Gasteiger partial charge is 0.377 e. The van der Waals surface area contributed by atoms with Gasteiger partial charge in [-0.05, 0) is 17.7 Å². The minimum atomic E-state index is 0.340. The number of rotatable bonds is 2. The molecule has 0 aromatic heterocycles. The number of nitrogens with zero attached hydrogens (tertiary/aromatic N) is 2. The fraction of sp³-hybridized carbons (Fsp3) is 0.111. The summed E-state index contributed by atoms with van der Waals surface area (Å²) in [5.74, 6) is 5.65. The first kappa shape index (κ1) is 10.4. The molecule has 0 spiro atoms. The molecule has 0 saturated heterocycles. The average Bonchev–Trinajstić information content (AvgIpc) is 2.26. The average molecular weight is 206 g/mol. The van der Waals surface area contributed by atoms with Gasteiger partial charge in [0.2, 0.25) is 0 Å². The maximum absolute atomic E-state index is 8.66. The molecular formula is C9H10N4S. The number of hydrogen-bond acceptors (Lipinski definition) is 4. The summed E-state index contributed by atoms with van der Waals surface area (Å²) in [5.41, 5.74) is 7.09. The third-order valence-corrected chi connectivity index (χ3v) is 2.45. The van der Waals surface area contributed by atoms with Crippen molar-refractivity contribution in [2.24, 2.45) is 16.7 Å².